The monoisotopic (exact) mass is 226 g/mol. The molecule has 0 fully saturated rings. The number of hydrogen-bond acceptors (Lipinski definition) is 4. The Morgan fingerprint density at radius 3 is 2.69 bits per heavy atom. The van der Waals surface area contributed by atoms with Gasteiger partial charge in [-0.3, -0.25) is 0 Å². The second-order valence-corrected chi connectivity index (χ2v) is 5.41. The molecule has 0 amide bonds. The van der Waals surface area contributed by atoms with Crippen molar-refractivity contribution in [1.82, 2.24) is 10.3 Å². The van der Waals surface area contributed by atoms with E-state index in [1.54, 1.807) is 6.26 Å². The van der Waals surface area contributed by atoms with Crippen molar-refractivity contribution in [3.63, 3.8) is 0 Å². The zero-order valence-corrected chi connectivity index (χ0v) is 10.8. The summed E-state index contributed by atoms with van der Waals surface area (Å²) in [6.45, 7) is 11.8. The first-order chi connectivity index (χ1) is 7.37. The highest BCUT2D eigenvalue weighted by Gasteiger charge is 2.11. The summed E-state index contributed by atoms with van der Waals surface area (Å²) < 4.78 is 10.6. The van der Waals surface area contributed by atoms with Crippen LogP contribution in [0.5, 0.6) is 6.08 Å². The highest BCUT2D eigenvalue weighted by Crippen LogP contribution is 2.12. The molecule has 0 atom stereocenters. The average molecular weight is 226 g/mol. The molecule has 0 saturated carbocycles. The first kappa shape index (κ1) is 13.0. The minimum absolute atomic E-state index is 0.0813. The van der Waals surface area contributed by atoms with Gasteiger partial charge in [0.1, 0.15) is 6.26 Å². The van der Waals surface area contributed by atoms with Crippen LogP contribution in [0.15, 0.2) is 10.7 Å². The fourth-order valence-electron chi connectivity index (χ4n) is 1.03. The van der Waals surface area contributed by atoms with Crippen LogP contribution in [0.4, 0.5) is 0 Å². The van der Waals surface area contributed by atoms with E-state index in [0.717, 1.165) is 5.69 Å². The number of nitrogens with zero attached hydrogens (tertiary/aromatic N) is 1. The van der Waals surface area contributed by atoms with Crippen LogP contribution in [0.3, 0.4) is 0 Å². The van der Waals surface area contributed by atoms with E-state index >= 15 is 0 Å². The highest BCUT2D eigenvalue weighted by atomic mass is 16.6. The molecule has 16 heavy (non-hydrogen) atoms. The molecule has 92 valence electrons. The SMILES string of the molecule is CC(C)COc1nc(CNC(C)(C)C)co1. The molecule has 1 heterocycles. The molecule has 1 rings (SSSR count). The van der Waals surface area contributed by atoms with E-state index in [4.69, 9.17) is 9.15 Å². The van der Waals surface area contributed by atoms with Crippen molar-refractivity contribution in [3.8, 4) is 6.08 Å². The number of nitrogens with one attached hydrogen (secondary N) is 1. The van der Waals surface area contributed by atoms with E-state index in [0.29, 0.717) is 25.1 Å². The number of hydrogen-bond donors (Lipinski definition) is 1. The van der Waals surface area contributed by atoms with Crippen LogP contribution in [0.1, 0.15) is 40.3 Å². The zero-order valence-electron chi connectivity index (χ0n) is 10.8. The minimum atomic E-state index is 0.0813. The van der Waals surface area contributed by atoms with Crippen LogP contribution >= 0.6 is 0 Å². The number of aromatic nitrogens is 1. The summed E-state index contributed by atoms with van der Waals surface area (Å²) in [7, 11) is 0. The molecule has 4 nitrogen and oxygen atoms in total. The van der Waals surface area contributed by atoms with E-state index in [1.165, 1.54) is 0 Å². The predicted molar refractivity (Wildman–Crippen MR) is 63.4 cm³/mol. The summed E-state index contributed by atoms with van der Waals surface area (Å²) in [5.74, 6) is 0.475. The van der Waals surface area contributed by atoms with Crippen molar-refractivity contribution in [2.75, 3.05) is 6.61 Å². The van der Waals surface area contributed by atoms with Gasteiger partial charge in [-0.05, 0) is 26.7 Å². The Kier molecular flexibility index (Phi) is 4.35. The van der Waals surface area contributed by atoms with Crippen molar-refractivity contribution in [2.45, 2.75) is 46.7 Å². The fraction of sp³-hybridized carbons (Fsp3) is 0.750. The molecule has 1 aromatic heterocycles. The van der Waals surface area contributed by atoms with Crippen LogP contribution in [-0.2, 0) is 6.54 Å². The predicted octanol–water partition coefficient (Wildman–Crippen LogP) is 2.60. The van der Waals surface area contributed by atoms with Crippen LogP contribution < -0.4 is 10.1 Å². The van der Waals surface area contributed by atoms with Crippen molar-refractivity contribution < 1.29 is 9.15 Å². The smallest absolute Gasteiger partial charge is 0.393 e. The Morgan fingerprint density at radius 2 is 2.12 bits per heavy atom. The molecule has 0 saturated heterocycles. The second kappa shape index (κ2) is 5.34. The Bertz CT molecular complexity index is 313. The Hall–Kier alpha value is -1.03. The van der Waals surface area contributed by atoms with Gasteiger partial charge < -0.3 is 14.5 Å². The van der Waals surface area contributed by atoms with Crippen LogP contribution in [0, 0.1) is 5.92 Å². The van der Waals surface area contributed by atoms with E-state index in [-0.39, 0.29) is 5.54 Å². The Morgan fingerprint density at radius 1 is 1.44 bits per heavy atom. The molecule has 0 radical (unpaired) electrons. The molecule has 1 aromatic rings. The summed E-state index contributed by atoms with van der Waals surface area (Å²) in [6, 6.07) is 0. The molecule has 0 bridgehead atoms. The van der Waals surface area contributed by atoms with Gasteiger partial charge in [0.15, 0.2) is 0 Å². The van der Waals surface area contributed by atoms with Crippen LogP contribution in [0.2, 0.25) is 0 Å². The molecule has 0 aromatic carbocycles. The lowest BCUT2D eigenvalue weighted by Crippen LogP contribution is -2.35. The largest absolute Gasteiger partial charge is 0.450 e. The van der Waals surface area contributed by atoms with E-state index in [1.807, 2.05) is 0 Å². The molecule has 0 spiro atoms. The summed E-state index contributed by atoms with van der Waals surface area (Å²) >= 11 is 0. The molecule has 0 aliphatic heterocycles. The first-order valence-corrected chi connectivity index (χ1v) is 5.69. The molecule has 0 unspecified atom stereocenters. The molecule has 1 N–H and O–H groups in total. The molecular formula is C12H22N2O2. The third-order valence-corrected chi connectivity index (χ3v) is 1.87. The maximum absolute atomic E-state index is 5.37. The zero-order chi connectivity index (χ0) is 12.2. The highest BCUT2D eigenvalue weighted by molar-refractivity contribution is 5.00. The van der Waals surface area contributed by atoms with Gasteiger partial charge in [0.2, 0.25) is 0 Å². The van der Waals surface area contributed by atoms with Crippen molar-refractivity contribution in [3.05, 3.63) is 12.0 Å². The topological polar surface area (TPSA) is 47.3 Å². The lowest BCUT2D eigenvalue weighted by atomic mass is 10.1. The quantitative estimate of drug-likeness (QED) is 0.838. The van der Waals surface area contributed by atoms with Gasteiger partial charge in [-0.25, -0.2) is 0 Å². The fourth-order valence-corrected chi connectivity index (χ4v) is 1.03. The van der Waals surface area contributed by atoms with Crippen LogP contribution in [0.25, 0.3) is 0 Å². The standard InChI is InChI=1S/C12H22N2O2/c1-9(2)7-15-11-14-10(8-16-11)6-13-12(3,4)5/h8-9,13H,6-7H2,1-5H3. The molecule has 0 aliphatic rings. The lowest BCUT2D eigenvalue weighted by Gasteiger charge is -2.19. The van der Waals surface area contributed by atoms with Crippen molar-refractivity contribution >= 4 is 0 Å². The van der Waals surface area contributed by atoms with Crippen molar-refractivity contribution in [2.24, 2.45) is 5.92 Å². The van der Waals surface area contributed by atoms with Gasteiger partial charge in [0.05, 0.1) is 12.3 Å². The Balaban J connectivity index is 2.39. The summed E-state index contributed by atoms with van der Waals surface area (Å²) in [5, 5.41) is 3.34. The van der Waals surface area contributed by atoms with Gasteiger partial charge >= 0.3 is 6.08 Å². The molecule has 4 heteroatoms. The lowest BCUT2D eigenvalue weighted by molar-refractivity contribution is 0.202. The van der Waals surface area contributed by atoms with E-state index in [2.05, 4.69) is 44.9 Å². The van der Waals surface area contributed by atoms with Gasteiger partial charge in [-0.15, -0.1) is 0 Å². The third-order valence-electron chi connectivity index (χ3n) is 1.87. The Labute approximate surface area is 97.4 Å². The normalized spacial score (nSPS) is 12.1. The minimum Gasteiger partial charge on any atom is -0.450 e. The van der Waals surface area contributed by atoms with Gasteiger partial charge in [-0.2, -0.15) is 4.98 Å². The number of rotatable bonds is 5. The maximum Gasteiger partial charge on any atom is 0.393 e. The van der Waals surface area contributed by atoms with E-state index in [9.17, 15) is 0 Å². The average Bonchev–Trinajstić information content (AvgIpc) is 2.58. The third kappa shape index (κ3) is 5.16. The first-order valence-electron chi connectivity index (χ1n) is 5.69. The molecular weight excluding hydrogens is 204 g/mol. The van der Waals surface area contributed by atoms with Gasteiger partial charge in [-0.1, -0.05) is 13.8 Å². The summed E-state index contributed by atoms with van der Waals surface area (Å²) in [6.07, 6.45) is 1.99. The van der Waals surface area contributed by atoms with Crippen molar-refractivity contribution in [1.29, 1.82) is 0 Å². The van der Waals surface area contributed by atoms with E-state index < -0.39 is 0 Å². The maximum atomic E-state index is 5.37. The van der Waals surface area contributed by atoms with Crippen LogP contribution in [-0.4, -0.2) is 17.1 Å². The van der Waals surface area contributed by atoms with Gasteiger partial charge in [0.25, 0.3) is 0 Å². The number of ether oxygens (including phenoxy) is 1. The summed E-state index contributed by atoms with van der Waals surface area (Å²) in [5.41, 5.74) is 0.950. The second-order valence-electron chi connectivity index (χ2n) is 5.41. The van der Waals surface area contributed by atoms with Gasteiger partial charge in [0, 0.05) is 12.1 Å². The molecule has 0 aliphatic carbocycles. The summed E-state index contributed by atoms with van der Waals surface area (Å²) in [4.78, 5) is 4.23. The number of oxazole rings is 1.